The highest BCUT2D eigenvalue weighted by Crippen LogP contribution is 2.28. The lowest BCUT2D eigenvalue weighted by atomic mass is 10.2. The van der Waals surface area contributed by atoms with E-state index < -0.39 is 0 Å². The van der Waals surface area contributed by atoms with E-state index in [9.17, 15) is 4.79 Å². The van der Waals surface area contributed by atoms with Crippen LogP contribution >= 0.6 is 0 Å². The Kier molecular flexibility index (Phi) is 1.28. The van der Waals surface area contributed by atoms with Gasteiger partial charge in [0, 0.05) is 11.5 Å². The molecule has 0 atom stereocenters. The minimum Gasteiger partial charge on any atom is -0.376 e. The first kappa shape index (κ1) is 7.32. The zero-order valence-corrected chi connectivity index (χ0v) is 7.15. The molecule has 0 aromatic heterocycles. The van der Waals surface area contributed by atoms with Crippen molar-refractivity contribution in [2.24, 2.45) is 0 Å². The molecule has 0 unspecified atom stereocenters. The van der Waals surface area contributed by atoms with Gasteiger partial charge in [-0.15, -0.1) is 0 Å². The lowest BCUT2D eigenvalue weighted by molar-refractivity contribution is 0.406. The molecule has 2 heterocycles. The Morgan fingerprint density at radius 2 is 2.14 bits per heavy atom. The van der Waals surface area contributed by atoms with Crippen LogP contribution in [0.3, 0.4) is 0 Å². The number of benzene rings is 1. The van der Waals surface area contributed by atoms with Gasteiger partial charge in [0.15, 0.2) is 5.76 Å². The monoisotopic (exact) mass is 186 g/mol. The van der Waals surface area contributed by atoms with E-state index in [1.165, 1.54) is 6.07 Å². The second-order valence-electron chi connectivity index (χ2n) is 3.06. The summed E-state index contributed by atoms with van der Waals surface area (Å²) < 4.78 is 5.10. The summed E-state index contributed by atoms with van der Waals surface area (Å²) in [6.07, 6.45) is 0. The number of nitrogens with zero attached hydrogens (tertiary/aromatic N) is 1. The van der Waals surface area contributed by atoms with Crippen LogP contribution in [0, 0.1) is 0 Å². The average molecular weight is 186 g/mol. The predicted octanol–water partition coefficient (Wildman–Crippen LogP) is 1.62. The molecule has 0 fully saturated rings. The molecule has 0 saturated carbocycles. The van der Waals surface area contributed by atoms with Gasteiger partial charge in [0.1, 0.15) is 5.69 Å². The third kappa shape index (κ3) is 0.877. The third-order valence-electron chi connectivity index (χ3n) is 2.14. The van der Waals surface area contributed by atoms with E-state index in [2.05, 4.69) is 10.1 Å². The van der Waals surface area contributed by atoms with E-state index in [4.69, 9.17) is 4.52 Å². The van der Waals surface area contributed by atoms with Crippen LogP contribution in [-0.2, 0) is 0 Å². The maximum atomic E-state index is 11.0. The molecule has 0 bridgehead atoms. The largest absolute Gasteiger partial charge is 0.376 e. The Morgan fingerprint density at radius 3 is 3.07 bits per heavy atom. The van der Waals surface area contributed by atoms with Gasteiger partial charge >= 0.3 is 0 Å². The molecule has 0 amide bonds. The number of hydrogen-bond donors (Lipinski definition) is 1. The van der Waals surface area contributed by atoms with Crippen LogP contribution in [0.15, 0.2) is 39.6 Å². The molecule has 1 aromatic carbocycles. The van der Waals surface area contributed by atoms with E-state index in [0.717, 1.165) is 10.9 Å². The zero-order chi connectivity index (χ0) is 9.54. The lowest BCUT2D eigenvalue weighted by Crippen LogP contribution is -2.03. The summed E-state index contributed by atoms with van der Waals surface area (Å²) in [6, 6.07) is 9.03. The van der Waals surface area contributed by atoms with Crippen LogP contribution in [0.1, 0.15) is 0 Å². The smallest absolute Gasteiger partial charge is 0.278 e. The highest BCUT2D eigenvalue weighted by Gasteiger charge is 2.14. The van der Waals surface area contributed by atoms with E-state index >= 15 is 0 Å². The fraction of sp³-hybridized carbons (Fsp3) is 0. The molecule has 68 valence electrons. The van der Waals surface area contributed by atoms with E-state index in [1.807, 2.05) is 24.3 Å². The number of nitrogens with one attached hydrogen (secondary N) is 1. The summed E-state index contributed by atoms with van der Waals surface area (Å²) in [6.45, 7) is 0. The summed E-state index contributed by atoms with van der Waals surface area (Å²) in [5.74, 6) is 0.625. The maximum absolute atomic E-state index is 11.0. The number of para-hydroxylation sites is 1. The van der Waals surface area contributed by atoms with Crippen molar-refractivity contribution in [1.29, 1.82) is 0 Å². The summed E-state index contributed by atoms with van der Waals surface area (Å²) in [4.78, 5) is 15.2. The Hall–Kier alpha value is -2.10. The second-order valence-corrected chi connectivity index (χ2v) is 3.06. The number of fused-ring (bicyclic) bond motifs is 3. The number of aromatic amines is 1. The minimum atomic E-state index is -0.277. The quantitative estimate of drug-likeness (QED) is 0.580. The predicted molar refractivity (Wildman–Crippen MR) is 51.3 cm³/mol. The van der Waals surface area contributed by atoms with E-state index in [0.29, 0.717) is 11.5 Å². The van der Waals surface area contributed by atoms with Gasteiger partial charge in [0.25, 0.3) is 5.56 Å². The van der Waals surface area contributed by atoms with Crippen molar-refractivity contribution in [3.05, 3.63) is 40.7 Å². The van der Waals surface area contributed by atoms with Crippen LogP contribution in [0.2, 0.25) is 0 Å². The highest BCUT2D eigenvalue weighted by atomic mass is 16.5. The van der Waals surface area contributed by atoms with Crippen molar-refractivity contribution in [3.63, 3.8) is 0 Å². The molecule has 4 nitrogen and oxygen atoms in total. The summed E-state index contributed by atoms with van der Waals surface area (Å²) in [5.41, 5.74) is 1.15. The SMILES string of the molecule is O=c1cc2nc3ccccc3c-2o[nH]1. The second kappa shape index (κ2) is 2.45. The van der Waals surface area contributed by atoms with Crippen molar-refractivity contribution < 1.29 is 4.52 Å². The number of rotatable bonds is 0. The van der Waals surface area contributed by atoms with Crippen molar-refractivity contribution in [1.82, 2.24) is 10.1 Å². The third-order valence-corrected chi connectivity index (χ3v) is 2.14. The molecule has 0 aliphatic carbocycles. The number of aromatic nitrogens is 2. The Balaban J connectivity index is 2.56. The van der Waals surface area contributed by atoms with Gasteiger partial charge in [0.05, 0.1) is 5.52 Å². The minimum absolute atomic E-state index is 0.277. The fourth-order valence-corrected chi connectivity index (χ4v) is 1.54. The summed E-state index contributed by atoms with van der Waals surface area (Å²) in [5, 5.41) is 3.20. The zero-order valence-electron chi connectivity index (χ0n) is 7.15. The van der Waals surface area contributed by atoms with Crippen molar-refractivity contribution >= 4 is 10.9 Å². The molecule has 0 spiro atoms. The van der Waals surface area contributed by atoms with Gasteiger partial charge in [-0.1, -0.05) is 12.1 Å². The molecule has 2 aliphatic rings. The van der Waals surface area contributed by atoms with E-state index in [1.54, 1.807) is 0 Å². The summed E-state index contributed by atoms with van der Waals surface area (Å²) >= 11 is 0. The van der Waals surface area contributed by atoms with Crippen LogP contribution in [-0.4, -0.2) is 10.1 Å². The standard InChI is InChI=1S/C10H6N2O2/c13-9-5-8-10(14-12-9)6-3-1-2-4-7(6)11-8/h1-5H,(H,12,13). The van der Waals surface area contributed by atoms with Gasteiger partial charge in [-0.3, -0.25) is 4.79 Å². The van der Waals surface area contributed by atoms with Crippen molar-refractivity contribution in [2.45, 2.75) is 0 Å². The highest BCUT2D eigenvalue weighted by molar-refractivity contribution is 5.94. The van der Waals surface area contributed by atoms with Gasteiger partial charge in [-0.05, 0) is 12.1 Å². The van der Waals surface area contributed by atoms with Gasteiger partial charge < -0.3 is 4.52 Å². The van der Waals surface area contributed by atoms with Crippen molar-refractivity contribution in [2.75, 3.05) is 0 Å². The van der Waals surface area contributed by atoms with E-state index in [-0.39, 0.29) is 5.56 Å². The Morgan fingerprint density at radius 1 is 1.29 bits per heavy atom. The topological polar surface area (TPSA) is 58.9 Å². The first-order valence-corrected chi connectivity index (χ1v) is 4.21. The maximum Gasteiger partial charge on any atom is 0.278 e. The molecule has 4 heteroatoms. The van der Waals surface area contributed by atoms with Crippen LogP contribution in [0.25, 0.3) is 22.4 Å². The first-order chi connectivity index (χ1) is 6.84. The molecule has 0 saturated heterocycles. The molecular weight excluding hydrogens is 180 g/mol. The number of H-pyrrole nitrogens is 1. The van der Waals surface area contributed by atoms with Gasteiger partial charge in [-0.2, -0.15) is 5.16 Å². The van der Waals surface area contributed by atoms with Gasteiger partial charge in [0.2, 0.25) is 0 Å². The fourth-order valence-electron chi connectivity index (χ4n) is 1.54. The van der Waals surface area contributed by atoms with Crippen LogP contribution < -0.4 is 5.56 Å². The Labute approximate surface area is 78.5 Å². The lowest BCUT2D eigenvalue weighted by Gasteiger charge is -1.92. The molecule has 2 aliphatic heterocycles. The molecule has 14 heavy (non-hydrogen) atoms. The average Bonchev–Trinajstić information content (AvgIpc) is 2.54. The molecule has 1 N–H and O–H groups in total. The van der Waals surface area contributed by atoms with Crippen LogP contribution in [0.5, 0.6) is 0 Å². The molecular formula is C10H6N2O2. The summed E-state index contributed by atoms with van der Waals surface area (Å²) in [7, 11) is 0. The normalized spacial score (nSPS) is 11.1. The van der Waals surface area contributed by atoms with Crippen molar-refractivity contribution in [3.8, 4) is 11.5 Å². The van der Waals surface area contributed by atoms with Gasteiger partial charge in [-0.25, -0.2) is 4.98 Å². The molecule has 3 rings (SSSR count). The molecule has 1 aromatic rings. The molecule has 0 radical (unpaired) electrons. The first-order valence-electron chi connectivity index (χ1n) is 4.21. The Bertz CT molecular complexity index is 623. The van der Waals surface area contributed by atoms with Crippen LogP contribution in [0.4, 0.5) is 0 Å². The number of hydrogen-bond acceptors (Lipinski definition) is 3.